The van der Waals surface area contributed by atoms with Gasteiger partial charge in [0.1, 0.15) is 11.5 Å². The molecule has 0 saturated heterocycles. The molecule has 0 aliphatic rings. The lowest BCUT2D eigenvalue weighted by atomic mass is 10.1. The highest BCUT2D eigenvalue weighted by molar-refractivity contribution is 9.10. The molecule has 6 nitrogen and oxygen atoms in total. The first-order valence-electron chi connectivity index (χ1n) is 10.3. The van der Waals surface area contributed by atoms with Gasteiger partial charge in [0.2, 0.25) is 0 Å². The van der Waals surface area contributed by atoms with Crippen molar-refractivity contribution in [2.75, 3.05) is 17.2 Å². The lowest BCUT2D eigenvalue weighted by Gasteiger charge is -2.14. The molecule has 0 spiro atoms. The van der Waals surface area contributed by atoms with Crippen molar-refractivity contribution in [2.24, 2.45) is 0 Å². The summed E-state index contributed by atoms with van der Waals surface area (Å²) in [6.07, 6.45) is 0.0201. The number of anilines is 2. The SMILES string of the molecule is CCOc1ccc(NC(=O)c2ccccc2NC(=O)c2ccc(OC(C)C)c(Br)c2)cc1. The monoisotopic (exact) mass is 496 g/mol. The van der Waals surface area contributed by atoms with Gasteiger partial charge in [-0.25, -0.2) is 0 Å². The number of carbonyl (C=O) groups is 2. The van der Waals surface area contributed by atoms with Gasteiger partial charge in [-0.15, -0.1) is 0 Å². The normalized spacial score (nSPS) is 10.5. The van der Waals surface area contributed by atoms with Crippen LogP contribution in [0.2, 0.25) is 0 Å². The number of halogens is 1. The van der Waals surface area contributed by atoms with Gasteiger partial charge in [-0.2, -0.15) is 0 Å². The topological polar surface area (TPSA) is 76.7 Å². The third-order valence-electron chi connectivity index (χ3n) is 4.40. The molecule has 3 aromatic rings. The molecule has 3 rings (SSSR count). The molecule has 0 fully saturated rings. The highest BCUT2D eigenvalue weighted by atomic mass is 79.9. The van der Waals surface area contributed by atoms with E-state index in [-0.39, 0.29) is 17.9 Å². The number of benzene rings is 3. The van der Waals surface area contributed by atoms with E-state index in [4.69, 9.17) is 9.47 Å². The van der Waals surface area contributed by atoms with Crippen LogP contribution in [0, 0.1) is 0 Å². The number of hydrogen-bond acceptors (Lipinski definition) is 4. The molecule has 0 aliphatic heterocycles. The van der Waals surface area contributed by atoms with Crippen LogP contribution in [-0.2, 0) is 0 Å². The summed E-state index contributed by atoms with van der Waals surface area (Å²) in [5.74, 6) is 0.732. The maximum absolute atomic E-state index is 12.8. The fraction of sp³-hybridized carbons (Fsp3) is 0.200. The number of nitrogens with one attached hydrogen (secondary N) is 2. The molecule has 3 aromatic carbocycles. The lowest BCUT2D eigenvalue weighted by Crippen LogP contribution is -2.18. The molecule has 0 heterocycles. The first kappa shape index (κ1) is 23.3. The van der Waals surface area contributed by atoms with Crippen molar-refractivity contribution in [2.45, 2.75) is 26.9 Å². The molecule has 0 radical (unpaired) electrons. The zero-order chi connectivity index (χ0) is 23.1. The zero-order valence-corrected chi connectivity index (χ0v) is 19.7. The fourth-order valence-electron chi connectivity index (χ4n) is 2.98. The molecular weight excluding hydrogens is 472 g/mol. The molecule has 0 saturated carbocycles. The van der Waals surface area contributed by atoms with Crippen LogP contribution in [0.3, 0.4) is 0 Å². The van der Waals surface area contributed by atoms with Crippen LogP contribution in [0.4, 0.5) is 11.4 Å². The van der Waals surface area contributed by atoms with Crippen LogP contribution in [-0.4, -0.2) is 24.5 Å². The van der Waals surface area contributed by atoms with Gasteiger partial charge in [0.15, 0.2) is 0 Å². The minimum absolute atomic E-state index is 0.0201. The van der Waals surface area contributed by atoms with Crippen LogP contribution in [0.1, 0.15) is 41.5 Å². The van der Waals surface area contributed by atoms with Crippen molar-refractivity contribution in [3.8, 4) is 11.5 Å². The molecule has 0 aromatic heterocycles. The molecule has 32 heavy (non-hydrogen) atoms. The van der Waals surface area contributed by atoms with Crippen molar-refractivity contribution in [3.05, 3.63) is 82.3 Å². The Kier molecular flexibility index (Phi) is 7.89. The minimum Gasteiger partial charge on any atom is -0.494 e. The van der Waals surface area contributed by atoms with Crippen molar-refractivity contribution in [3.63, 3.8) is 0 Å². The van der Waals surface area contributed by atoms with Gasteiger partial charge in [-0.05, 0) is 91.3 Å². The second kappa shape index (κ2) is 10.8. The van der Waals surface area contributed by atoms with Gasteiger partial charge in [-0.3, -0.25) is 9.59 Å². The average molecular weight is 497 g/mol. The highest BCUT2D eigenvalue weighted by Crippen LogP contribution is 2.28. The second-order valence-corrected chi connectivity index (χ2v) is 8.08. The molecular formula is C25H25BrN2O4. The molecule has 0 atom stereocenters. The zero-order valence-electron chi connectivity index (χ0n) is 18.1. The molecule has 7 heteroatoms. The Labute approximate surface area is 196 Å². The predicted octanol–water partition coefficient (Wildman–Crippen LogP) is 6.14. The Hall–Kier alpha value is -3.32. The first-order chi connectivity index (χ1) is 15.4. The van der Waals surface area contributed by atoms with Crippen LogP contribution in [0.25, 0.3) is 0 Å². The third kappa shape index (κ3) is 6.11. The summed E-state index contributed by atoms with van der Waals surface area (Å²) < 4.78 is 11.8. The molecule has 2 N–H and O–H groups in total. The van der Waals surface area contributed by atoms with E-state index in [9.17, 15) is 9.59 Å². The van der Waals surface area contributed by atoms with Crippen LogP contribution >= 0.6 is 15.9 Å². The van der Waals surface area contributed by atoms with Crippen LogP contribution in [0.5, 0.6) is 11.5 Å². The Morgan fingerprint density at radius 1 is 0.938 bits per heavy atom. The summed E-state index contributed by atoms with van der Waals surface area (Å²) >= 11 is 3.44. The summed E-state index contributed by atoms with van der Waals surface area (Å²) in [7, 11) is 0. The summed E-state index contributed by atoms with van der Waals surface area (Å²) in [6, 6.07) is 19.1. The standard InChI is InChI=1S/C25H25BrN2O4/c1-4-31-19-12-10-18(11-13-19)27-25(30)20-7-5-6-8-22(20)28-24(29)17-9-14-23(21(26)15-17)32-16(2)3/h5-16H,4H2,1-3H3,(H,27,30)(H,28,29). The molecule has 166 valence electrons. The van der Waals surface area contributed by atoms with Gasteiger partial charge in [-0.1, -0.05) is 12.1 Å². The van der Waals surface area contributed by atoms with E-state index in [2.05, 4.69) is 26.6 Å². The van der Waals surface area contributed by atoms with E-state index >= 15 is 0 Å². The van der Waals surface area contributed by atoms with E-state index in [1.807, 2.05) is 20.8 Å². The lowest BCUT2D eigenvalue weighted by molar-refractivity contribution is 0.102. The second-order valence-electron chi connectivity index (χ2n) is 7.22. The fourth-order valence-corrected chi connectivity index (χ4v) is 3.45. The number of para-hydroxylation sites is 1. The van der Waals surface area contributed by atoms with Gasteiger partial charge >= 0.3 is 0 Å². The summed E-state index contributed by atoms with van der Waals surface area (Å²) in [6.45, 7) is 6.35. The van der Waals surface area contributed by atoms with Crippen LogP contribution in [0.15, 0.2) is 71.2 Å². The van der Waals surface area contributed by atoms with Crippen LogP contribution < -0.4 is 20.1 Å². The summed E-state index contributed by atoms with van der Waals surface area (Å²) in [4.78, 5) is 25.7. The quantitative estimate of drug-likeness (QED) is 0.392. The van der Waals surface area contributed by atoms with E-state index in [0.717, 1.165) is 5.75 Å². The minimum atomic E-state index is -0.330. The number of hydrogen-bond donors (Lipinski definition) is 2. The summed E-state index contributed by atoms with van der Waals surface area (Å²) in [5.41, 5.74) is 1.84. The van der Waals surface area contributed by atoms with Crippen molar-refractivity contribution in [1.82, 2.24) is 0 Å². The molecule has 0 unspecified atom stereocenters. The average Bonchev–Trinajstić information content (AvgIpc) is 2.76. The van der Waals surface area contributed by atoms with Crippen molar-refractivity contribution >= 4 is 39.1 Å². The van der Waals surface area contributed by atoms with E-state index in [0.29, 0.717) is 39.3 Å². The third-order valence-corrected chi connectivity index (χ3v) is 5.02. The first-order valence-corrected chi connectivity index (χ1v) is 11.1. The van der Waals surface area contributed by atoms with E-state index in [1.54, 1.807) is 66.7 Å². The number of rotatable bonds is 8. The Morgan fingerprint density at radius 3 is 2.31 bits per heavy atom. The Bertz CT molecular complexity index is 1100. The maximum Gasteiger partial charge on any atom is 0.257 e. The maximum atomic E-state index is 12.8. The van der Waals surface area contributed by atoms with Crippen molar-refractivity contribution < 1.29 is 19.1 Å². The number of carbonyl (C=O) groups excluding carboxylic acids is 2. The Balaban J connectivity index is 1.74. The largest absolute Gasteiger partial charge is 0.494 e. The van der Waals surface area contributed by atoms with E-state index < -0.39 is 0 Å². The Morgan fingerprint density at radius 2 is 1.66 bits per heavy atom. The van der Waals surface area contributed by atoms with Gasteiger partial charge < -0.3 is 20.1 Å². The predicted molar refractivity (Wildman–Crippen MR) is 130 cm³/mol. The smallest absolute Gasteiger partial charge is 0.257 e. The van der Waals surface area contributed by atoms with Crippen molar-refractivity contribution in [1.29, 1.82) is 0 Å². The van der Waals surface area contributed by atoms with Gasteiger partial charge in [0.25, 0.3) is 11.8 Å². The number of ether oxygens (including phenoxy) is 2. The van der Waals surface area contributed by atoms with Gasteiger partial charge in [0.05, 0.1) is 28.4 Å². The highest BCUT2D eigenvalue weighted by Gasteiger charge is 2.16. The number of amides is 2. The van der Waals surface area contributed by atoms with Gasteiger partial charge in [0, 0.05) is 11.3 Å². The molecule has 0 aliphatic carbocycles. The van der Waals surface area contributed by atoms with E-state index in [1.165, 1.54) is 0 Å². The molecule has 0 bridgehead atoms. The summed E-state index contributed by atoms with van der Waals surface area (Å²) in [5, 5.41) is 5.67. The molecule has 2 amide bonds.